The van der Waals surface area contributed by atoms with Crippen molar-refractivity contribution in [1.29, 1.82) is 0 Å². The molecule has 2 aromatic heterocycles. The number of hydrogen-bond donors (Lipinski definition) is 1. The van der Waals surface area contributed by atoms with Crippen molar-refractivity contribution in [2.24, 2.45) is 0 Å². The highest BCUT2D eigenvalue weighted by atomic mass is 35.5. The first-order valence-electron chi connectivity index (χ1n) is 11.3. The van der Waals surface area contributed by atoms with Gasteiger partial charge in [0, 0.05) is 36.3 Å². The van der Waals surface area contributed by atoms with E-state index in [1.54, 1.807) is 23.2 Å². The molecule has 0 spiro atoms. The number of halogens is 1. The molecule has 178 valence electrons. The summed E-state index contributed by atoms with van der Waals surface area (Å²) in [7, 11) is 0. The van der Waals surface area contributed by atoms with Crippen molar-refractivity contribution in [2.45, 2.75) is 19.6 Å². The first-order valence-corrected chi connectivity index (χ1v) is 11.6. The summed E-state index contributed by atoms with van der Waals surface area (Å²) in [4.78, 5) is 34.5. The number of benzene rings is 2. The van der Waals surface area contributed by atoms with Crippen LogP contribution in [0, 0.1) is 0 Å². The molecule has 9 nitrogen and oxygen atoms in total. The molecule has 10 heteroatoms. The summed E-state index contributed by atoms with van der Waals surface area (Å²) in [6.07, 6.45) is 1.32. The fourth-order valence-electron chi connectivity index (χ4n) is 4.12. The molecule has 0 bridgehead atoms. The maximum atomic E-state index is 12.7. The molecule has 35 heavy (non-hydrogen) atoms. The van der Waals surface area contributed by atoms with Crippen LogP contribution in [-0.2, 0) is 11.3 Å². The van der Waals surface area contributed by atoms with Gasteiger partial charge in [-0.3, -0.25) is 0 Å². The molecule has 2 N–H and O–H groups in total. The van der Waals surface area contributed by atoms with Crippen molar-refractivity contribution in [2.75, 3.05) is 30.3 Å². The molecule has 1 amide bonds. The Labute approximate surface area is 207 Å². The molecule has 1 atom stereocenters. The molecule has 1 fully saturated rings. The van der Waals surface area contributed by atoms with Crippen molar-refractivity contribution >= 4 is 40.6 Å². The van der Waals surface area contributed by atoms with Gasteiger partial charge in [0.1, 0.15) is 6.61 Å². The zero-order valence-corrected chi connectivity index (χ0v) is 19.9. The molecule has 5 rings (SSSR count). The summed E-state index contributed by atoms with van der Waals surface area (Å²) >= 11 is 6.03. The molecule has 4 aromatic rings. The first kappa shape index (κ1) is 22.8. The third kappa shape index (κ3) is 4.95. The Kier molecular flexibility index (Phi) is 6.33. The van der Waals surface area contributed by atoms with Crippen LogP contribution in [0.2, 0.25) is 5.02 Å². The number of nitrogens with zero attached hydrogens (tertiary/aromatic N) is 6. The Bertz CT molecular complexity index is 1350. The van der Waals surface area contributed by atoms with Crippen molar-refractivity contribution in [3.8, 4) is 11.3 Å². The number of piperazine rings is 1. The van der Waals surface area contributed by atoms with Gasteiger partial charge in [-0.2, -0.15) is 9.97 Å². The Morgan fingerprint density at radius 3 is 2.60 bits per heavy atom. The van der Waals surface area contributed by atoms with E-state index in [2.05, 4.69) is 19.9 Å². The Morgan fingerprint density at radius 2 is 1.86 bits per heavy atom. The van der Waals surface area contributed by atoms with E-state index in [-0.39, 0.29) is 24.7 Å². The highest BCUT2D eigenvalue weighted by Gasteiger charge is 2.30. The molecule has 2 aromatic carbocycles. The highest BCUT2D eigenvalue weighted by molar-refractivity contribution is 6.30. The number of carbonyl (C=O) groups is 1. The highest BCUT2D eigenvalue weighted by Crippen LogP contribution is 2.28. The minimum Gasteiger partial charge on any atom is -0.445 e. The lowest BCUT2D eigenvalue weighted by molar-refractivity contribution is 0.0898. The number of aromatic nitrogens is 4. The molecule has 0 saturated carbocycles. The Hall–Kier alpha value is -3.98. The van der Waals surface area contributed by atoms with Crippen LogP contribution in [0.3, 0.4) is 0 Å². The van der Waals surface area contributed by atoms with Crippen molar-refractivity contribution < 1.29 is 9.53 Å². The number of amides is 1. The van der Waals surface area contributed by atoms with E-state index in [1.165, 1.54) is 0 Å². The lowest BCUT2D eigenvalue weighted by atomic mass is 10.1. The van der Waals surface area contributed by atoms with E-state index in [4.69, 9.17) is 27.1 Å². The third-order valence-electron chi connectivity index (χ3n) is 5.91. The van der Waals surface area contributed by atoms with Crippen LogP contribution in [0.15, 0.2) is 60.8 Å². The SMILES string of the molecule is C[C@H]1CN(C(=O)OCc2ccccc2)CCN1c1nc(N)nc2ncc(-c3ccc(Cl)cc3)nc12. The van der Waals surface area contributed by atoms with Gasteiger partial charge in [0.25, 0.3) is 0 Å². The maximum Gasteiger partial charge on any atom is 0.410 e. The number of nitrogens with two attached hydrogens (primary N) is 1. The van der Waals surface area contributed by atoms with Gasteiger partial charge in [-0.15, -0.1) is 0 Å². The Morgan fingerprint density at radius 1 is 1.09 bits per heavy atom. The van der Waals surface area contributed by atoms with Crippen LogP contribution < -0.4 is 10.6 Å². The molecule has 1 aliphatic heterocycles. The minimum atomic E-state index is -0.336. The van der Waals surface area contributed by atoms with Gasteiger partial charge in [-0.05, 0) is 24.6 Å². The number of fused-ring (bicyclic) bond motifs is 1. The van der Waals surface area contributed by atoms with E-state index in [0.717, 1.165) is 11.1 Å². The number of rotatable bonds is 4. The molecule has 1 aliphatic rings. The van der Waals surface area contributed by atoms with Gasteiger partial charge >= 0.3 is 6.09 Å². The molecule has 0 aliphatic carbocycles. The molecule has 0 radical (unpaired) electrons. The Balaban J connectivity index is 1.36. The molecule has 0 unspecified atom stereocenters. The summed E-state index contributed by atoms with van der Waals surface area (Å²) in [5, 5.41) is 0.647. The fourth-order valence-corrected chi connectivity index (χ4v) is 4.24. The fraction of sp³-hybridized carbons (Fsp3) is 0.240. The largest absolute Gasteiger partial charge is 0.445 e. The number of nitrogen functional groups attached to an aromatic ring is 1. The van der Waals surface area contributed by atoms with Crippen LogP contribution in [-0.4, -0.2) is 56.6 Å². The molecular weight excluding hydrogens is 466 g/mol. The second-order valence-electron chi connectivity index (χ2n) is 8.37. The van der Waals surface area contributed by atoms with E-state index < -0.39 is 0 Å². The maximum absolute atomic E-state index is 12.7. The average Bonchev–Trinajstić information content (AvgIpc) is 2.87. The van der Waals surface area contributed by atoms with Crippen molar-refractivity contribution in [1.82, 2.24) is 24.8 Å². The van der Waals surface area contributed by atoms with Gasteiger partial charge in [0.2, 0.25) is 5.95 Å². The van der Waals surface area contributed by atoms with Crippen LogP contribution in [0.25, 0.3) is 22.4 Å². The van der Waals surface area contributed by atoms with E-state index in [9.17, 15) is 4.79 Å². The lowest BCUT2D eigenvalue weighted by Crippen LogP contribution is -2.54. The van der Waals surface area contributed by atoms with Crippen molar-refractivity contribution in [3.05, 3.63) is 71.4 Å². The topological polar surface area (TPSA) is 110 Å². The summed E-state index contributed by atoms with van der Waals surface area (Å²) in [6, 6.07) is 17.0. The van der Waals surface area contributed by atoms with E-state index in [0.29, 0.717) is 47.3 Å². The van der Waals surface area contributed by atoms with E-state index >= 15 is 0 Å². The quantitative estimate of drug-likeness (QED) is 0.454. The summed E-state index contributed by atoms with van der Waals surface area (Å²) in [5.74, 6) is 0.721. The third-order valence-corrected chi connectivity index (χ3v) is 6.16. The predicted octanol–water partition coefficient (Wildman–Crippen LogP) is 4.17. The predicted molar refractivity (Wildman–Crippen MR) is 135 cm³/mol. The van der Waals surface area contributed by atoms with Gasteiger partial charge in [-0.1, -0.05) is 54.1 Å². The number of carbonyl (C=O) groups excluding carboxylic acids is 1. The minimum absolute atomic E-state index is 0.0495. The van der Waals surface area contributed by atoms with Crippen LogP contribution >= 0.6 is 11.6 Å². The van der Waals surface area contributed by atoms with Gasteiger partial charge in [0.05, 0.1) is 11.9 Å². The summed E-state index contributed by atoms with van der Waals surface area (Å²) in [5.41, 5.74) is 9.48. The second kappa shape index (κ2) is 9.71. The molecule has 1 saturated heterocycles. The lowest BCUT2D eigenvalue weighted by Gasteiger charge is -2.40. The first-order chi connectivity index (χ1) is 17.0. The monoisotopic (exact) mass is 489 g/mol. The van der Waals surface area contributed by atoms with Crippen LogP contribution in [0.4, 0.5) is 16.6 Å². The molecule has 3 heterocycles. The van der Waals surface area contributed by atoms with Gasteiger partial charge < -0.3 is 20.3 Å². The number of ether oxygens (including phenoxy) is 1. The van der Waals surface area contributed by atoms with Crippen LogP contribution in [0.1, 0.15) is 12.5 Å². The normalized spacial score (nSPS) is 15.9. The zero-order chi connectivity index (χ0) is 24.4. The number of hydrogen-bond acceptors (Lipinski definition) is 8. The smallest absolute Gasteiger partial charge is 0.410 e. The summed E-state index contributed by atoms with van der Waals surface area (Å²) < 4.78 is 5.51. The van der Waals surface area contributed by atoms with Crippen molar-refractivity contribution in [3.63, 3.8) is 0 Å². The summed E-state index contributed by atoms with van der Waals surface area (Å²) in [6.45, 7) is 3.76. The van der Waals surface area contributed by atoms with E-state index in [1.807, 2.05) is 49.4 Å². The second-order valence-corrected chi connectivity index (χ2v) is 8.80. The zero-order valence-electron chi connectivity index (χ0n) is 19.1. The van der Waals surface area contributed by atoms with Gasteiger partial charge in [-0.25, -0.2) is 14.8 Å². The van der Waals surface area contributed by atoms with Gasteiger partial charge in [0.15, 0.2) is 17.0 Å². The average molecular weight is 490 g/mol. The number of anilines is 2. The molecular formula is C25H24ClN7O2. The van der Waals surface area contributed by atoms with Crippen LogP contribution in [0.5, 0.6) is 0 Å². The standard InChI is InChI=1S/C25H24ClN7O2/c1-16-14-32(25(34)35-15-17-5-3-2-4-6-17)11-12-33(16)23-21-22(30-24(27)31-23)28-13-20(29-21)18-7-9-19(26)10-8-18/h2-10,13,16H,11-12,14-15H2,1H3,(H2,27,28,30,31)/t16-/m0/s1.